The van der Waals surface area contributed by atoms with E-state index < -0.39 is 0 Å². The first-order chi connectivity index (χ1) is 10.3. The number of aliphatic hydroxyl groups excluding tert-OH is 1. The highest BCUT2D eigenvalue weighted by molar-refractivity contribution is 5.67. The molecule has 0 saturated carbocycles. The molecule has 2 aromatic carbocycles. The van der Waals surface area contributed by atoms with Crippen molar-refractivity contribution in [1.82, 2.24) is 4.90 Å². The van der Waals surface area contributed by atoms with Crippen LogP contribution >= 0.6 is 0 Å². The number of hydrogen-bond donors (Lipinski definition) is 2. The normalized spacial score (nSPS) is 11.0. The summed E-state index contributed by atoms with van der Waals surface area (Å²) in [5, 5.41) is 9.04. The number of rotatable bonds is 7. The Morgan fingerprint density at radius 3 is 2.38 bits per heavy atom. The first-order valence-corrected chi connectivity index (χ1v) is 7.49. The van der Waals surface area contributed by atoms with E-state index in [1.54, 1.807) is 0 Å². The molecular weight excluding hydrogens is 260 g/mol. The van der Waals surface area contributed by atoms with Crippen molar-refractivity contribution in [3.63, 3.8) is 0 Å². The molecule has 3 heteroatoms. The third kappa shape index (κ3) is 4.14. The predicted molar refractivity (Wildman–Crippen MR) is 87.8 cm³/mol. The number of nitrogens with zero attached hydrogens (tertiary/aromatic N) is 1. The third-order valence-corrected chi connectivity index (χ3v) is 3.77. The maximum absolute atomic E-state index is 9.04. The summed E-state index contributed by atoms with van der Waals surface area (Å²) in [6.07, 6.45) is 0. The van der Waals surface area contributed by atoms with Gasteiger partial charge in [-0.05, 0) is 28.8 Å². The molecule has 0 fully saturated rings. The Morgan fingerprint density at radius 1 is 1.05 bits per heavy atom. The quantitative estimate of drug-likeness (QED) is 0.821. The summed E-state index contributed by atoms with van der Waals surface area (Å²) in [7, 11) is 0. The molecule has 0 aliphatic carbocycles. The number of benzene rings is 2. The SMILES string of the molecule is CCN(CCO)Cc1ccc(-c2ccccc2CN)cc1. The van der Waals surface area contributed by atoms with Gasteiger partial charge in [0.25, 0.3) is 0 Å². The van der Waals surface area contributed by atoms with E-state index in [0.29, 0.717) is 13.1 Å². The summed E-state index contributed by atoms with van der Waals surface area (Å²) in [5.74, 6) is 0. The van der Waals surface area contributed by atoms with Crippen molar-refractivity contribution in [2.24, 2.45) is 5.73 Å². The van der Waals surface area contributed by atoms with Gasteiger partial charge in [0.1, 0.15) is 0 Å². The smallest absolute Gasteiger partial charge is 0.0558 e. The largest absolute Gasteiger partial charge is 0.395 e. The maximum atomic E-state index is 9.04. The number of likely N-dealkylation sites (N-methyl/N-ethyl adjacent to an activating group) is 1. The molecule has 0 aliphatic heterocycles. The van der Waals surface area contributed by atoms with E-state index in [9.17, 15) is 0 Å². The van der Waals surface area contributed by atoms with Gasteiger partial charge < -0.3 is 10.8 Å². The molecule has 21 heavy (non-hydrogen) atoms. The van der Waals surface area contributed by atoms with Gasteiger partial charge in [0, 0.05) is 19.6 Å². The molecule has 2 rings (SSSR count). The molecule has 0 aliphatic rings. The van der Waals surface area contributed by atoms with E-state index >= 15 is 0 Å². The Balaban J connectivity index is 2.15. The van der Waals surface area contributed by atoms with Crippen LogP contribution in [-0.2, 0) is 13.1 Å². The van der Waals surface area contributed by atoms with Crippen LogP contribution < -0.4 is 5.73 Å². The molecule has 0 spiro atoms. The minimum atomic E-state index is 0.204. The van der Waals surface area contributed by atoms with Gasteiger partial charge in [0.2, 0.25) is 0 Å². The second-order valence-electron chi connectivity index (χ2n) is 5.15. The average Bonchev–Trinajstić information content (AvgIpc) is 2.55. The molecule has 3 nitrogen and oxygen atoms in total. The highest BCUT2D eigenvalue weighted by Crippen LogP contribution is 2.24. The lowest BCUT2D eigenvalue weighted by atomic mass is 9.98. The molecule has 0 aromatic heterocycles. The highest BCUT2D eigenvalue weighted by Gasteiger charge is 2.05. The molecule has 0 amide bonds. The third-order valence-electron chi connectivity index (χ3n) is 3.77. The summed E-state index contributed by atoms with van der Waals surface area (Å²) in [5.41, 5.74) is 10.6. The summed E-state index contributed by atoms with van der Waals surface area (Å²) in [4.78, 5) is 2.23. The molecule has 0 saturated heterocycles. The zero-order valence-corrected chi connectivity index (χ0v) is 12.6. The molecule has 0 bridgehead atoms. The first-order valence-electron chi connectivity index (χ1n) is 7.49. The molecule has 0 heterocycles. The summed E-state index contributed by atoms with van der Waals surface area (Å²) in [6.45, 7) is 5.40. The summed E-state index contributed by atoms with van der Waals surface area (Å²) in [6, 6.07) is 16.9. The number of nitrogens with two attached hydrogens (primary N) is 1. The monoisotopic (exact) mass is 284 g/mol. The Kier molecular flexibility index (Phi) is 5.93. The maximum Gasteiger partial charge on any atom is 0.0558 e. The molecule has 3 N–H and O–H groups in total. The molecule has 0 atom stereocenters. The highest BCUT2D eigenvalue weighted by atomic mass is 16.3. The van der Waals surface area contributed by atoms with Crippen LogP contribution in [-0.4, -0.2) is 29.7 Å². The fourth-order valence-corrected chi connectivity index (χ4v) is 2.52. The topological polar surface area (TPSA) is 49.5 Å². The Bertz CT molecular complexity index is 551. The van der Waals surface area contributed by atoms with Crippen LogP contribution in [0.5, 0.6) is 0 Å². The second-order valence-corrected chi connectivity index (χ2v) is 5.15. The molecule has 0 unspecified atom stereocenters. The standard InChI is InChI=1S/C18H24N2O/c1-2-20(11-12-21)14-15-7-9-16(10-8-15)18-6-4-3-5-17(18)13-19/h3-10,21H,2,11-14,19H2,1H3. The fourth-order valence-electron chi connectivity index (χ4n) is 2.52. The van der Waals surface area contributed by atoms with Gasteiger partial charge in [0.05, 0.1) is 6.61 Å². The van der Waals surface area contributed by atoms with Crippen LogP contribution in [0, 0.1) is 0 Å². The van der Waals surface area contributed by atoms with Gasteiger partial charge in [-0.15, -0.1) is 0 Å². The van der Waals surface area contributed by atoms with Crippen molar-refractivity contribution in [2.75, 3.05) is 19.7 Å². The van der Waals surface area contributed by atoms with E-state index in [2.05, 4.69) is 48.2 Å². The summed E-state index contributed by atoms with van der Waals surface area (Å²) >= 11 is 0. The average molecular weight is 284 g/mol. The zero-order valence-electron chi connectivity index (χ0n) is 12.6. The predicted octanol–water partition coefficient (Wildman–Crippen LogP) is 2.63. The minimum Gasteiger partial charge on any atom is -0.395 e. The van der Waals surface area contributed by atoms with E-state index in [0.717, 1.165) is 13.1 Å². The van der Waals surface area contributed by atoms with Crippen molar-refractivity contribution in [2.45, 2.75) is 20.0 Å². The second kappa shape index (κ2) is 7.93. The molecule has 0 radical (unpaired) electrons. The van der Waals surface area contributed by atoms with Gasteiger partial charge in [-0.25, -0.2) is 0 Å². The van der Waals surface area contributed by atoms with Crippen LogP contribution in [0.1, 0.15) is 18.1 Å². The van der Waals surface area contributed by atoms with E-state index in [-0.39, 0.29) is 6.61 Å². The van der Waals surface area contributed by atoms with Crippen LogP contribution in [0.15, 0.2) is 48.5 Å². The lowest BCUT2D eigenvalue weighted by Crippen LogP contribution is -2.25. The van der Waals surface area contributed by atoms with Crippen molar-refractivity contribution in [3.8, 4) is 11.1 Å². The first kappa shape index (κ1) is 15.7. The van der Waals surface area contributed by atoms with Crippen LogP contribution in [0.4, 0.5) is 0 Å². The van der Waals surface area contributed by atoms with Crippen molar-refractivity contribution in [1.29, 1.82) is 0 Å². The summed E-state index contributed by atoms with van der Waals surface area (Å²) < 4.78 is 0. The van der Waals surface area contributed by atoms with Gasteiger partial charge in [-0.1, -0.05) is 55.5 Å². The van der Waals surface area contributed by atoms with Gasteiger partial charge in [-0.3, -0.25) is 4.90 Å². The van der Waals surface area contributed by atoms with E-state index in [1.165, 1.54) is 22.3 Å². The van der Waals surface area contributed by atoms with Gasteiger partial charge in [-0.2, -0.15) is 0 Å². The van der Waals surface area contributed by atoms with Crippen LogP contribution in [0.3, 0.4) is 0 Å². The molecule has 2 aromatic rings. The van der Waals surface area contributed by atoms with Crippen LogP contribution in [0.25, 0.3) is 11.1 Å². The van der Waals surface area contributed by atoms with Crippen molar-refractivity contribution < 1.29 is 5.11 Å². The molecule has 112 valence electrons. The minimum absolute atomic E-state index is 0.204. The Hall–Kier alpha value is -1.68. The molecular formula is C18H24N2O. The van der Waals surface area contributed by atoms with Crippen molar-refractivity contribution in [3.05, 3.63) is 59.7 Å². The number of hydrogen-bond acceptors (Lipinski definition) is 3. The lowest BCUT2D eigenvalue weighted by Gasteiger charge is -2.19. The number of aliphatic hydroxyl groups is 1. The van der Waals surface area contributed by atoms with Gasteiger partial charge in [0.15, 0.2) is 0 Å². The Morgan fingerprint density at radius 2 is 1.76 bits per heavy atom. The lowest BCUT2D eigenvalue weighted by molar-refractivity contribution is 0.197. The fraction of sp³-hybridized carbons (Fsp3) is 0.333. The van der Waals surface area contributed by atoms with Gasteiger partial charge >= 0.3 is 0 Å². The Labute approximate surface area is 127 Å². The van der Waals surface area contributed by atoms with Crippen LogP contribution in [0.2, 0.25) is 0 Å². The van der Waals surface area contributed by atoms with E-state index in [4.69, 9.17) is 10.8 Å². The van der Waals surface area contributed by atoms with Crippen molar-refractivity contribution >= 4 is 0 Å². The van der Waals surface area contributed by atoms with E-state index in [1.807, 2.05) is 12.1 Å². The zero-order chi connectivity index (χ0) is 15.1.